The number of nitrogens with one attached hydrogen (secondary N) is 1. The van der Waals surface area contributed by atoms with Gasteiger partial charge in [-0.2, -0.15) is 0 Å². The number of hydrogen-bond donors (Lipinski definition) is 1. The van der Waals surface area contributed by atoms with Crippen LogP contribution in [0.3, 0.4) is 0 Å². The average molecular weight is 339 g/mol. The summed E-state index contributed by atoms with van der Waals surface area (Å²) in [5, 5.41) is 1.62. The molecule has 0 unspecified atom stereocenters. The van der Waals surface area contributed by atoms with Gasteiger partial charge >= 0.3 is 0 Å². The van der Waals surface area contributed by atoms with Crippen LogP contribution in [0.4, 0.5) is 0 Å². The molecular weight excluding hydrogens is 324 g/mol. The Bertz CT molecular complexity index is 879. The van der Waals surface area contributed by atoms with Gasteiger partial charge in [0, 0.05) is 16.5 Å². The minimum atomic E-state index is -0.348. The Morgan fingerprint density at radius 3 is 2.75 bits per heavy atom. The number of halogens is 1. The smallest absolute Gasteiger partial charge is 0.267 e. The number of benzene rings is 2. The molecule has 1 N–H and O–H groups in total. The summed E-state index contributed by atoms with van der Waals surface area (Å²) in [6.45, 7) is 0.313. The molecular formula is C19H15ClN2O2. The first-order valence-corrected chi connectivity index (χ1v) is 7.78. The highest BCUT2D eigenvalue weighted by molar-refractivity contribution is 6.31. The van der Waals surface area contributed by atoms with E-state index in [0.717, 1.165) is 16.5 Å². The molecule has 3 aromatic rings. The van der Waals surface area contributed by atoms with E-state index in [1.54, 1.807) is 12.1 Å². The number of hydrogen-bond acceptors (Lipinski definition) is 3. The van der Waals surface area contributed by atoms with Crippen molar-refractivity contribution in [2.24, 2.45) is 0 Å². The number of pyridine rings is 1. The van der Waals surface area contributed by atoms with Crippen molar-refractivity contribution in [3.63, 3.8) is 0 Å². The van der Waals surface area contributed by atoms with E-state index in [1.807, 2.05) is 54.6 Å². The summed E-state index contributed by atoms with van der Waals surface area (Å²) in [6, 6.07) is 18.9. The fourth-order valence-electron chi connectivity index (χ4n) is 2.16. The molecule has 5 heteroatoms. The second kappa shape index (κ2) is 7.73. The second-order valence-electron chi connectivity index (χ2n) is 5.15. The Kier molecular flexibility index (Phi) is 5.21. The topological polar surface area (TPSA) is 51.2 Å². The van der Waals surface area contributed by atoms with Gasteiger partial charge in [0.1, 0.15) is 0 Å². The average Bonchev–Trinajstić information content (AvgIpc) is 2.60. The van der Waals surface area contributed by atoms with Crippen molar-refractivity contribution in [3.05, 3.63) is 83.0 Å². The summed E-state index contributed by atoms with van der Waals surface area (Å²) in [6.07, 6.45) is 3.01. The fraction of sp³-hybridized carbons (Fsp3) is 0.0526. The molecule has 1 heterocycles. The third kappa shape index (κ3) is 4.41. The fourth-order valence-corrected chi connectivity index (χ4v) is 2.33. The van der Waals surface area contributed by atoms with Crippen LogP contribution in [0.25, 0.3) is 17.0 Å². The lowest BCUT2D eigenvalue weighted by Crippen LogP contribution is -2.21. The van der Waals surface area contributed by atoms with Gasteiger partial charge in [-0.25, -0.2) is 10.5 Å². The molecule has 0 aliphatic heterocycles. The molecule has 2 aromatic carbocycles. The maximum Gasteiger partial charge on any atom is 0.267 e. The summed E-state index contributed by atoms with van der Waals surface area (Å²) in [7, 11) is 0. The van der Waals surface area contributed by atoms with Gasteiger partial charge in [0.05, 0.1) is 17.8 Å². The van der Waals surface area contributed by atoms with Gasteiger partial charge in [0.25, 0.3) is 5.91 Å². The van der Waals surface area contributed by atoms with Gasteiger partial charge in [-0.15, -0.1) is 0 Å². The quantitative estimate of drug-likeness (QED) is 0.561. The Balaban J connectivity index is 1.57. The van der Waals surface area contributed by atoms with E-state index in [2.05, 4.69) is 10.5 Å². The van der Waals surface area contributed by atoms with E-state index in [4.69, 9.17) is 16.4 Å². The van der Waals surface area contributed by atoms with Gasteiger partial charge in [-0.05, 0) is 29.8 Å². The van der Waals surface area contributed by atoms with Crippen molar-refractivity contribution >= 4 is 34.5 Å². The number of aromatic nitrogens is 1. The van der Waals surface area contributed by atoms with Gasteiger partial charge in [0.2, 0.25) is 0 Å². The lowest BCUT2D eigenvalue weighted by molar-refractivity contribution is -0.129. The molecule has 3 rings (SSSR count). The zero-order valence-electron chi connectivity index (χ0n) is 12.8. The van der Waals surface area contributed by atoms with E-state index in [1.165, 1.54) is 6.08 Å². The molecule has 4 nitrogen and oxygen atoms in total. The van der Waals surface area contributed by atoms with E-state index in [9.17, 15) is 4.79 Å². The van der Waals surface area contributed by atoms with Gasteiger partial charge < -0.3 is 0 Å². The van der Waals surface area contributed by atoms with Crippen molar-refractivity contribution in [2.45, 2.75) is 6.61 Å². The number of hydroxylamine groups is 1. The van der Waals surface area contributed by atoms with Crippen LogP contribution in [0.5, 0.6) is 0 Å². The lowest BCUT2D eigenvalue weighted by Gasteiger charge is -2.03. The number of nitrogens with zero attached hydrogens (tertiary/aromatic N) is 1. The molecule has 0 aliphatic carbocycles. The Morgan fingerprint density at radius 1 is 1.12 bits per heavy atom. The highest BCUT2D eigenvalue weighted by Gasteiger charge is 1.99. The molecule has 0 fully saturated rings. The molecule has 0 saturated carbocycles. The Morgan fingerprint density at radius 2 is 1.92 bits per heavy atom. The monoisotopic (exact) mass is 338 g/mol. The highest BCUT2D eigenvalue weighted by Crippen LogP contribution is 2.18. The molecule has 0 aliphatic rings. The SMILES string of the molecule is O=C(C=Cc1ccc2ccc(Cl)cc2n1)NOCc1ccccc1. The van der Waals surface area contributed by atoms with E-state index in [0.29, 0.717) is 17.3 Å². The largest absolute Gasteiger partial charge is 0.269 e. The minimum Gasteiger partial charge on any atom is -0.269 e. The molecule has 0 bridgehead atoms. The molecule has 0 radical (unpaired) electrons. The van der Waals surface area contributed by atoms with Crippen LogP contribution in [0.2, 0.25) is 5.02 Å². The molecule has 0 saturated heterocycles. The third-order valence-corrected chi connectivity index (χ3v) is 3.57. The number of carbonyl (C=O) groups excluding carboxylic acids is 1. The molecule has 1 aromatic heterocycles. The first kappa shape index (κ1) is 16.2. The summed E-state index contributed by atoms with van der Waals surface area (Å²) in [4.78, 5) is 21.4. The van der Waals surface area contributed by atoms with Crippen molar-refractivity contribution in [1.29, 1.82) is 0 Å². The molecule has 24 heavy (non-hydrogen) atoms. The lowest BCUT2D eigenvalue weighted by atomic mass is 10.2. The standard InChI is InChI=1S/C19H15ClN2O2/c20-16-8-6-15-7-9-17(21-18(15)12-16)10-11-19(23)22-24-13-14-4-2-1-3-5-14/h1-12H,13H2,(H,22,23). The minimum absolute atomic E-state index is 0.313. The van der Waals surface area contributed by atoms with Crippen LogP contribution in [0.15, 0.2) is 66.7 Å². The first-order valence-electron chi connectivity index (χ1n) is 7.41. The van der Waals surface area contributed by atoms with Crippen LogP contribution < -0.4 is 5.48 Å². The van der Waals surface area contributed by atoms with Crippen LogP contribution >= 0.6 is 11.6 Å². The van der Waals surface area contributed by atoms with Gasteiger partial charge in [-0.1, -0.05) is 54.1 Å². The molecule has 0 spiro atoms. The van der Waals surface area contributed by atoms with E-state index < -0.39 is 0 Å². The van der Waals surface area contributed by atoms with E-state index >= 15 is 0 Å². The zero-order valence-corrected chi connectivity index (χ0v) is 13.5. The van der Waals surface area contributed by atoms with E-state index in [-0.39, 0.29) is 5.91 Å². The van der Waals surface area contributed by atoms with Crippen molar-refractivity contribution in [2.75, 3.05) is 0 Å². The summed E-state index contributed by atoms with van der Waals surface area (Å²) < 4.78 is 0. The first-order chi connectivity index (χ1) is 11.7. The van der Waals surface area contributed by atoms with Crippen molar-refractivity contribution < 1.29 is 9.63 Å². The Hall–Kier alpha value is -2.69. The maximum absolute atomic E-state index is 11.8. The van der Waals surface area contributed by atoms with Crippen LogP contribution in [0, 0.1) is 0 Å². The molecule has 120 valence electrons. The molecule has 0 atom stereocenters. The number of fused-ring (bicyclic) bond motifs is 1. The predicted molar refractivity (Wildman–Crippen MR) is 95.2 cm³/mol. The van der Waals surface area contributed by atoms with Gasteiger partial charge in [0.15, 0.2) is 0 Å². The second-order valence-corrected chi connectivity index (χ2v) is 5.58. The van der Waals surface area contributed by atoms with Crippen LogP contribution in [-0.2, 0) is 16.2 Å². The van der Waals surface area contributed by atoms with Crippen molar-refractivity contribution in [1.82, 2.24) is 10.5 Å². The van der Waals surface area contributed by atoms with Crippen molar-refractivity contribution in [3.8, 4) is 0 Å². The predicted octanol–water partition coefficient (Wildman–Crippen LogP) is 4.15. The summed E-state index contributed by atoms with van der Waals surface area (Å²) >= 11 is 5.97. The maximum atomic E-state index is 11.8. The van der Waals surface area contributed by atoms with Crippen LogP contribution in [-0.4, -0.2) is 10.9 Å². The van der Waals surface area contributed by atoms with Crippen LogP contribution in [0.1, 0.15) is 11.3 Å². The number of rotatable bonds is 5. The highest BCUT2D eigenvalue weighted by atomic mass is 35.5. The summed E-state index contributed by atoms with van der Waals surface area (Å²) in [5.74, 6) is -0.348. The van der Waals surface area contributed by atoms with Gasteiger partial charge in [-0.3, -0.25) is 9.63 Å². The summed E-state index contributed by atoms with van der Waals surface area (Å²) in [5.41, 5.74) is 4.81. The zero-order chi connectivity index (χ0) is 16.8. The number of amides is 1. The molecule has 1 amide bonds. The third-order valence-electron chi connectivity index (χ3n) is 3.34. The number of carbonyl (C=O) groups is 1. The Labute approximate surface area is 144 Å². The normalized spacial score (nSPS) is 11.0.